The molecule has 0 aliphatic rings. The van der Waals surface area contributed by atoms with Crippen LogP contribution in [0.3, 0.4) is 0 Å². The maximum Gasteiger partial charge on any atom is 0.0701 e. The van der Waals surface area contributed by atoms with Gasteiger partial charge in [0, 0.05) is 0 Å². The molecule has 0 rings (SSSR count). The molecule has 74 valence electrons. The Morgan fingerprint density at radius 3 is 2.17 bits per heavy atom. The first-order chi connectivity index (χ1) is 5.63. The quantitative estimate of drug-likeness (QED) is 0.668. The lowest BCUT2D eigenvalue weighted by Crippen LogP contribution is -2.28. The van der Waals surface area contributed by atoms with Gasteiger partial charge in [0.05, 0.1) is 19.3 Å². The third kappa shape index (κ3) is 4.07. The van der Waals surface area contributed by atoms with Crippen LogP contribution in [0.2, 0.25) is 0 Å². The van der Waals surface area contributed by atoms with Gasteiger partial charge in [0.1, 0.15) is 0 Å². The van der Waals surface area contributed by atoms with Crippen LogP contribution in [0.4, 0.5) is 0 Å². The molecule has 0 aromatic carbocycles. The van der Waals surface area contributed by atoms with Gasteiger partial charge in [-0.1, -0.05) is 34.1 Å². The van der Waals surface area contributed by atoms with Gasteiger partial charge in [0.25, 0.3) is 0 Å². The van der Waals surface area contributed by atoms with Crippen LogP contribution in [0.25, 0.3) is 0 Å². The zero-order chi connectivity index (χ0) is 9.56. The van der Waals surface area contributed by atoms with Crippen LogP contribution >= 0.6 is 0 Å². The van der Waals surface area contributed by atoms with Crippen molar-refractivity contribution in [3.63, 3.8) is 0 Å². The van der Waals surface area contributed by atoms with Gasteiger partial charge in [-0.15, -0.1) is 0 Å². The number of aliphatic hydroxyl groups excluding tert-OH is 1. The largest absolute Gasteiger partial charge is 0.394 e. The van der Waals surface area contributed by atoms with Crippen LogP contribution < -0.4 is 0 Å². The van der Waals surface area contributed by atoms with Gasteiger partial charge < -0.3 is 9.84 Å². The number of hydrogen-bond acceptors (Lipinski definition) is 2. The van der Waals surface area contributed by atoms with Gasteiger partial charge in [-0.2, -0.15) is 0 Å². The Morgan fingerprint density at radius 1 is 1.25 bits per heavy atom. The molecule has 0 fully saturated rings. The molecule has 2 unspecified atom stereocenters. The van der Waals surface area contributed by atoms with Crippen LogP contribution in [0, 0.1) is 11.8 Å². The predicted octanol–water partition coefficient (Wildman–Crippen LogP) is 2.07. The molecule has 0 bridgehead atoms. The smallest absolute Gasteiger partial charge is 0.0701 e. The molecule has 0 aromatic heterocycles. The van der Waals surface area contributed by atoms with Crippen molar-refractivity contribution in [1.82, 2.24) is 0 Å². The molecule has 0 aromatic rings. The average molecular weight is 174 g/mol. The first-order valence-electron chi connectivity index (χ1n) is 4.85. The lowest BCUT2D eigenvalue weighted by Gasteiger charge is -2.26. The van der Waals surface area contributed by atoms with E-state index in [0.29, 0.717) is 24.5 Å². The normalized spacial score (nSPS) is 16.5. The van der Waals surface area contributed by atoms with Gasteiger partial charge in [0.15, 0.2) is 0 Å². The Hall–Kier alpha value is -0.0800. The maximum atomic E-state index is 8.63. The molecule has 0 spiro atoms. The zero-order valence-corrected chi connectivity index (χ0v) is 8.71. The Labute approximate surface area is 75.9 Å². The molecule has 2 atom stereocenters. The maximum absolute atomic E-state index is 8.63. The SMILES string of the molecule is CCC(C)C(OCCO)C(C)C. The van der Waals surface area contributed by atoms with Gasteiger partial charge in [0.2, 0.25) is 0 Å². The lowest BCUT2D eigenvalue weighted by atomic mass is 9.93. The van der Waals surface area contributed by atoms with Crippen molar-refractivity contribution in [3.05, 3.63) is 0 Å². The van der Waals surface area contributed by atoms with E-state index in [0.717, 1.165) is 6.42 Å². The molecule has 0 amide bonds. The topological polar surface area (TPSA) is 29.5 Å². The van der Waals surface area contributed by atoms with E-state index in [1.165, 1.54) is 0 Å². The fourth-order valence-corrected chi connectivity index (χ4v) is 1.43. The summed E-state index contributed by atoms with van der Waals surface area (Å²) in [5, 5.41) is 8.63. The van der Waals surface area contributed by atoms with Crippen molar-refractivity contribution < 1.29 is 9.84 Å². The molecule has 0 saturated carbocycles. The Balaban J connectivity index is 3.85. The van der Waals surface area contributed by atoms with Crippen LogP contribution in [0.15, 0.2) is 0 Å². The van der Waals surface area contributed by atoms with Crippen molar-refractivity contribution in [2.75, 3.05) is 13.2 Å². The van der Waals surface area contributed by atoms with Crippen LogP contribution in [-0.4, -0.2) is 24.4 Å². The molecule has 1 N–H and O–H groups in total. The summed E-state index contributed by atoms with van der Waals surface area (Å²) >= 11 is 0. The van der Waals surface area contributed by atoms with Crippen molar-refractivity contribution in [1.29, 1.82) is 0 Å². The predicted molar refractivity (Wildman–Crippen MR) is 51.1 cm³/mol. The lowest BCUT2D eigenvalue weighted by molar-refractivity contribution is -0.0279. The number of hydrogen-bond donors (Lipinski definition) is 1. The summed E-state index contributed by atoms with van der Waals surface area (Å²) in [5.41, 5.74) is 0. The third-order valence-corrected chi connectivity index (χ3v) is 2.26. The Kier molecular flexibility index (Phi) is 6.39. The van der Waals surface area contributed by atoms with E-state index >= 15 is 0 Å². The first-order valence-corrected chi connectivity index (χ1v) is 4.85. The van der Waals surface area contributed by atoms with E-state index < -0.39 is 0 Å². The van der Waals surface area contributed by atoms with Gasteiger partial charge in [-0.3, -0.25) is 0 Å². The van der Waals surface area contributed by atoms with E-state index in [9.17, 15) is 0 Å². The highest BCUT2D eigenvalue weighted by molar-refractivity contribution is 4.68. The molecule has 0 saturated heterocycles. The fraction of sp³-hybridized carbons (Fsp3) is 1.00. The second-order valence-corrected chi connectivity index (χ2v) is 3.69. The van der Waals surface area contributed by atoms with Crippen LogP contribution in [-0.2, 0) is 4.74 Å². The highest BCUT2D eigenvalue weighted by Gasteiger charge is 2.19. The summed E-state index contributed by atoms with van der Waals surface area (Å²) in [4.78, 5) is 0. The van der Waals surface area contributed by atoms with Crippen molar-refractivity contribution in [2.24, 2.45) is 11.8 Å². The summed E-state index contributed by atoms with van der Waals surface area (Å²) in [6.45, 7) is 9.28. The molecule has 2 heteroatoms. The molecule has 12 heavy (non-hydrogen) atoms. The molecular weight excluding hydrogens is 152 g/mol. The summed E-state index contributed by atoms with van der Waals surface area (Å²) in [5.74, 6) is 1.11. The minimum absolute atomic E-state index is 0.125. The molecule has 0 aliphatic heterocycles. The minimum atomic E-state index is 0.125. The summed E-state index contributed by atoms with van der Waals surface area (Å²) in [7, 11) is 0. The molecule has 0 radical (unpaired) electrons. The Morgan fingerprint density at radius 2 is 1.83 bits per heavy atom. The van der Waals surface area contributed by atoms with E-state index in [4.69, 9.17) is 9.84 Å². The van der Waals surface area contributed by atoms with Crippen molar-refractivity contribution >= 4 is 0 Å². The molecule has 0 aliphatic carbocycles. The van der Waals surface area contributed by atoms with Crippen LogP contribution in [0.1, 0.15) is 34.1 Å². The second kappa shape index (κ2) is 6.44. The Bertz CT molecular complexity index is 102. The molecule has 2 nitrogen and oxygen atoms in total. The summed E-state index contributed by atoms with van der Waals surface area (Å²) in [6, 6.07) is 0. The fourth-order valence-electron chi connectivity index (χ4n) is 1.43. The highest BCUT2D eigenvalue weighted by atomic mass is 16.5. The van der Waals surface area contributed by atoms with E-state index in [1.807, 2.05) is 0 Å². The summed E-state index contributed by atoms with van der Waals surface area (Å²) < 4.78 is 5.56. The second-order valence-electron chi connectivity index (χ2n) is 3.69. The van der Waals surface area contributed by atoms with Gasteiger partial charge in [-0.25, -0.2) is 0 Å². The molecule has 0 heterocycles. The molecular formula is C10H22O2. The van der Waals surface area contributed by atoms with Gasteiger partial charge in [-0.05, 0) is 11.8 Å². The van der Waals surface area contributed by atoms with E-state index in [2.05, 4.69) is 27.7 Å². The third-order valence-electron chi connectivity index (χ3n) is 2.26. The first kappa shape index (κ1) is 11.9. The highest BCUT2D eigenvalue weighted by Crippen LogP contribution is 2.18. The minimum Gasteiger partial charge on any atom is -0.394 e. The number of aliphatic hydroxyl groups is 1. The monoisotopic (exact) mass is 174 g/mol. The number of rotatable bonds is 6. The average Bonchev–Trinajstić information content (AvgIpc) is 2.04. The number of ether oxygens (including phenoxy) is 1. The summed E-state index contributed by atoms with van der Waals surface area (Å²) in [6.07, 6.45) is 1.43. The van der Waals surface area contributed by atoms with E-state index in [-0.39, 0.29) is 6.61 Å². The van der Waals surface area contributed by atoms with Gasteiger partial charge >= 0.3 is 0 Å². The zero-order valence-electron chi connectivity index (χ0n) is 8.71. The van der Waals surface area contributed by atoms with Crippen molar-refractivity contribution in [2.45, 2.75) is 40.2 Å². The van der Waals surface area contributed by atoms with Crippen LogP contribution in [0.5, 0.6) is 0 Å². The standard InChI is InChI=1S/C10H22O2/c1-5-9(4)10(8(2)3)12-7-6-11/h8-11H,5-7H2,1-4H3. The van der Waals surface area contributed by atoms with Crippen molar-refractivity contribution in [3.8, 4) is 0 Å². The van der Waals surface area contributed by atoms with E-state index in [1.54, 1.807) is 0 Å².